The molecule has 0 heterocycles. The summed E-state index contributed by atoms with van der Waals surface area (Å²) < 4.78 is 52.3. The van der Waals surface area contributed by atoms with E-state index >= 15 is 0 Å². The maximum absolute atomic E-state index is 13.0. The molecule has 0 bridgehead atoms. The molecule has 0 aliphatic rings. The van der Waals surface area contributed by atoms with Crippen LogP contribution < -0.4 is 14.3 Å². The summed E-state index contributed by atoms with van der Waals surface area (Å²) in [4.78, 5) is 12.8. The van der Waals surface area contributed by atoms with Crippen molar-refractivity contribution in [2.75, 3.05) is 22.3 Å². The second-order valence-electron chi connectivity index (χ2n) is 7.53. The Morgan fingerprint density at radius 3 is 2.12 bits per heavy atom. The first kappa shape index (κ1) is 24.3. The first-order valence-electron chi connectivity index (χ1n) is 10.00. The third kappa shape index (κ3) is 6.11. The number of sulfonamides is 2. The average Bonchev–Trinajstić information content (AvgIpc) is 2.78. The van der Waals surface area contributed by atoms with E-state index in [1.165, 1.54) is 29.6 Å². The van der Waals surface area contributed by atoms with Crippen molar-refractivity contribution in [2.45, 2.75) is 17.9 Å². The van der Waals surface area contributed by atoms with Crippen molar-refractivity contribution in [1.82, 2.24) is 5.32 Å². The van der Waals surface area contributed by atoms with Gasteiger partial charge in [0.05, 0.1) is 22.9 Å². The molecular formula is C23H25N3O5S2. The molecule has 0 fully saturated rings. The summed E-state index contributed by atoms with van der Waals surface area (Å²) in [6.45, 7) is 1.78. The third-order valence-corrected chi connectivity index (χ3v) is 7.32. The molecule has 0 radical (unpaired) electrons. The molecule has 1 amide bonds. The standard InChI is InChI=1S/C23H25N3O5S2/c1-17(18-12-14-20(15-13-18)25-32(3,28)29)24-23(27)19-8-7-11-22(16-19)33(30,31)26(2)21-9-5-4-6-10-21/h4-17,25H,1-3H3,(H,24,27)/t17-/m0/s1. The quantitative estimate of drug-likeness (QED) is 0.506. The summed E-state index contributed by atoms with van der Waals surface area (Å²) in [5.41, 5.74) is 1.89. The number of benzene rings is 3. The van der Waals surface area contributed by atoms with E-state index in [9.17, 15) is 21.6 Å². The number of anilines is 2. The summed E-state index contributed by atoms with van der Waals surface area (Å²) in [7, 11) is -5.77. The highest BCUT2D eigenvalue weighted by molar-refractivity contribution is 7.92. The summed E-state index contributed by atoms with van der Waals surface area (Å²) in [6, 6.07) is 20.7. The van der Waals surface area contributed by atoms with Crippen LogP contribution in [-0.2, 0) is 20.0 Å². The number of rotatable bonds is 8. The number of hydrogen-bond acceptors (Lipinski definition) is 5. The summed E-state index contributed by atoms with van der Waals surface area (Å²) in [5.74, 6) is -0.430. The highest BCUT2D eigenvalue weighted by Gasteiger charge is 2.22. The number of carbonyl (C=O) groups excluding carboxylic acids is 1. The molecule has 0 aliphatic carbocycles. The first-order chi connectivity index (χ1) is 15.5. The Kier molecular flexibility index (Phi) is 7.09. The van der Waals surface area contributed by atoms with Crippen LogP contribution in [0.5, 0.6) is 0 Å². The lowest BCUT2D eigenvalue weighted by atomic mass is 10.1. The Morgan fingerprint density at radius 2 is 1.52 bits per heavy atom. The average molecular weight is 488 g/mol. The van der Waals surface area contributed by atoms with Crippen molar-refractivity contribution in [1.29, 1.82) is 0 Å². The van der Waals surface area contributed by atoms with Gasteiger partial charge in [-0.3, -0.25) is 13.8 Å². The fourth-order valence-electron chi connectivity index (χ4n) is 3.15. The van der Waals surface area contributed by atoms with E-state index in [2.05, 4.69) is 10.0 Å². The van der Waals surface area contributed by atoms with Crippen LogP contribution >= 0.6 is 0 Å². The van der Waals surface area contributed by atoms with Gasteiger partial charge in [-0.25, -0.2) is 16.8 Å². The maximum Gasteiger partial charge on any atom is 0.264 e. The van der Waals surface area contributed by atoms with Gasteiger partial charge in [0.2, 0.25) is 10.0 Å². The van der Waals surface area contributed by atoms with Crippen LogP contribution in [0, 0.1) is 0 Å². The Balaban J connectivity index is 1.75. The predicted octanol–water partition coefficient (Wildman–Crippen LogP) is 3.37. The lowest BCUT2D eigenvalue weighted by molar-refractivity contribution is 0.0939. The lowest BCUT2D eigenvalue weighted by Gasteiger charge is -2.20. The second-order valence-corrected chi connectivity index (χ2v) is 11.2. The topological polar surface area (TPSA) is 113 Å². The SMILES string of the molecule is C[C@H](NC(=O)c1cccc(S(=O)(=O)N(C)c2ccccc2)c1)c1ccc(NS(C)(=O)=O)cc1. The molecule has 3 aromatic rings. The minimum absolute atomic E-state index is 0.00496. The zero-order chi connectivity index (χ0) is 24.2. The molecule has 1 atom stereocenters. The van der Waals surface area contributed by atoms with Crippen LogP contribution in [0.15, 0.2) is 83.8 Å². The van der Waals surface area contributed by atoms with E-state index in [4.69, 9.17) is 0 Å². The molecule has 0 saturated carbocycles. The normalized spacial score (nSPS) is 12.6. The minimum atomic E-state index is -3.85. The van der Waals surface area contributed by atoms with E-state index in [0.29, 0.717) is 11.4 Å². The monoisotopic (exact) mass is 487 g/mol. The number of hydrogen-bond donors (Lipinski definition) is 2. The maximum atomic E-state index is 13.0. The smallest absolute Gasteiger partial charge is 0.264 e. The van der Waals surface area contributed by atoms with Crippen molar-refractivity contribution in [3.05, 3.63) is 90.0 Å². The summed E-state index contributed by atoms with van der Waals surface area (Å²) >= 11 is 0. The zero-order valence-electron chi connectivity index (χ0n) is 18.4. The second kappa shape index (κ2) is 9.63. The zero-order valence-corrected chi connectivity index (χ0v) is 20.0. The van der Waals surface area contributed by atoms with Gasteiger partial charge in [-0.1, -0.05) is 36.4 Å². The molecule has 3 aromatic carbocycles. The van der Waals surface area contributed by atoms with Gasteiger partial charge in [0.15, 0.2) is 0 Å². The van der Waals surface area contributed by atoms with Crippen LogP contribution in [-0.4, -0.2) is 36.0 Å². The number of nitrogens with one attached hydrogen (secondary N) is 2. The van der Waals surface area contributed by atoms with Gasteiger partial charge in [0.25, 0.3) is 15.9 Å². The summed E-state index contributed by atoms with van der Waals surface area (Å²) in [6.07, 6.45) is 1.07. The highest BCUT2D eigenvalue weighted by atomic mass is 32.2. The minimum Gasteiger partial charge on any atom is -0.346 e. The van der Waals surface area contributed by atoms with Gasteiger partial charge >= 0.3 is 0 Å². The van der Waals surface area contributed by atoms with Gasteiger partial charge in [0, 0.05) is 18.3 Å². The molecular weight excluding hydrogens is 462 g/mol. The van der Waals surface area contributed by atoms with Crippen molar-refractivity contribution in [3.63, 3.8) is 0 Å². The van der Waals surface area contributed by atoms with E-state index in [1.54, 1.807) is 67.6 Å². The Hall–Kier alpha value is -3.37. The van der Waals surface area contributed by atoms with E-state index in [0.717, 1.165) is 11.8 Å². The first-order valence-corrected chi connectivity index (χ1v) is 13.3. The van der Waals surface area contributed by atoms with Crippen molar-refractivity contribution >= 4 is 37.3 Å². The van der Waals surface area contributed by atoms with Crippen LogP contribution in [0.25, 0.3) is 0 Å². The van der Waals surface area contributed by atoms with Gasteiger partial charge in [-0.2, -0.15) is 0 Å². The van der Waals surface area contributed by atoms with Crippen LogP contribution in [0.1, 0.15) is 28.9 Å². The molecule has 3 rings (SSSR count). The molecule has 8 nitrogen and oxygen atoms in total. The molecule has 0 saturated heterocycles. The molecule has 174 valence electrons. The van der Waals surface area contributed by atoms with Crippen LogP contribution in [0.3, 0.4) is 0 Å². The van der Waals surface area contributed by atoms with Crippen LogP contribution in [0.2, 0.25) is 0 Å². The van der Waals surface area contributed by atoms with Crippen LogP contribution in [0.4, 0.5) is 11.4 Å². The Labute approximate surface area is 194 Å². The number of nitrogens with zero attached hydrogens (tertiary/aromatic N) is 1. The number of amides is 1. The van der Waals surface area contributed by atoms with E-state index in [1.807, 2.05) is 0 Å². The summed E-state index contributed by atoms with van der Waals surface area (Å²) in [5, 5.41) is 2.83. The van der Waals surface area contributed by atoms with Crippen molar-refractivity contribution in [2.24, 2.45) is 0 Å². The molecule has 0 aromatic heterocycles. The molecule has 0 spiro atoms. The highest BCUT2D eigenvalue weighted by Crippen LogP contribution is 2.23. The number of carbonyl (C=O) groups is 1. The fourth-order valence-corrected chi connectivity index (χ4v) is 4.96. The Bertz CT molecular complexity index is 1340. The van der Waals surface area contributed by atoms with Gasteiger partial charge in [-0.15, -0.1) is 0 Å². The van der Waals surface area contributed by atoms with Gasteiger partial charge in [0.1, 0.15) is 0 Å². The molecule has 0 aliphatic heterocycles. The largest absolute Gasteiger partial charge is 0.346 e. The van der Waals surface area contributed by atoms with E-state index < -0.39 is 32.0 Å². The fraction of sp³-hybridized carbons (Fsp3) is 0.174. The lowest BCUT2D eigenvalue weighted by Crippen LogP contribution is -2.28. The molecule has 33 heavy (non-hydrogen) atoms. The molecule has 0 unspecified atom stereocenters. The molecule has 2 N–H and O–H groups in total. The van der Waals surface area contributed by atoms with Gasteiger partial charge in [-0.05, 0) is 55.0 Å². The molecule has 10 heteroatoms. The van der Waals surface area contributed by atoms with Gasteiger partial charge < -0.3 is 5.32 Å². The Morgan fingerprint density at radius 1 is 0.879 bits per heavy atom. The third-order valence-electron chi connectivity index (χ3n) is 4.94. The van der Waals surface area contributed by atoms with Crippen molar-refractivity contribution < 1.29 is 21.6 Å². The van der Waals surface area contributed by atoms with E-state index in [-0.39, 0.29) is 10.5 Å². The predicted molar refractivity (Wildman–Crippen MR) is 129 cm³/mol. The number of para-hydroxylation sites is 1. The van der Waals surface area contributed by atoms with Crippen molar-refractivity contribution in [3.8, 4) is 0 Å².